The average Bonchev–Trinajstić information content (AvgIpc) is 2.58. The van der Waals surface area contributed by atoms with E-state index in [0.29, 0.717) is 12.4 Å². The van der Waals surface area contributed by atoms with Crippen molar-refractivity contribution in [2.45, 2.75) is 25.9 Å². The normalized spacial score (nSPS) is 17.6. The van der Waals surface area contributed by atoms with Crippen molar-refractivity contribution in [1.29, 1.82) is 0 Å². The number of hydrogen-bond acceptors (Lipinski definition) is 4. The lowest BCUT2D eigenvalue weighted by Gasteiger charge is -2.32. The molecule has 0 aliphatic carbocycles. The molecule has 1 aliphatic rings. The molecule has 6 heteroatoms. The molecule has 23 heavy (non-hydrogen) atoms. The van der Waals surface area contributed by atoms with Crippen LogP contribution < -0.4 is 10.1 Å². The molecule has 0 spiro atoms. The number of amides is 2. The van der Waals surface area contributed by atoms with Crippen LogP contribution in [0.3, 0.4) is 0 Å². The van der Waals surface area contributed by atoms with Crippen molar-refractivity contribution < 1.29 is 9.53 Å². The van der Waals surface area contributed by atoms with Gasteiger partial charge in [0.25, 0.3) is 0 Å². The van der Waals surface area contributed by atoms with Crippen LogP contribution in [-0.2, 0) is 0 Å². The van der Waals surface area contributed by atoms with Gasteiger partial charge in [-0.2, -0.15) is 0 Å². The molecule has 1 saturated heterocycles. The lowest BCUT2D eigenvalue weighted by molar-refractivity contribution is 0.102. The molecule has 2 heterocycles. The van der Waals surface area contributed by atoms with Gasteiger partial charge in [0.15, 0.2) is 0 Å². The maximum atomic E-state index is 12.4. The van der Waals surface area contributed by atoms with Crippen LogP contribution in [-0.4, -0.2) is 40.1 Å². The summed E-state index contributed by atoms with van der Waals surface area (Å²) in [5.74, 6) is 0.499. The number of ether oxygens (including phenoxy) is 1. The smallest absolute Gasteiger partial charge is 0.321 e. The number of benzene rings is 1. The topological polar surface area (TPSA) is 67.4 Å². The molecule has 6 nitrogen and oxygen atoms in total. The third-order valence-electron chi connectivity index (χ3n) is 3.88. The molecular weight excluding hydrogens is 292 g/mol. The lowest BCUT2D eigenvalue weighted by atomic mass is 10.1. The van der Waals surface area contributed by atoms with Crippen LogP contribution in [0.5, 0.6) is 5.88 Å². The van der Waals surface area contributed by atoms with Gasteiger partial charge in [-0.05, 0) is 31.4 Å². The summed E-state index contributed by atoms with van der Waals surface area (Å²) < 4.78 is 5.81. The summed E-state index contributed by atoms with van der Waals surface area (Å²) in [6.45, 7) is 3.26. The molecule has 1 fully saturated rings. The Labute approximate surface area is 135 Å². The Morgan fingerprint density at radius 2 is 2.22 bits per heavy atom. The summed E-state index contributed by atoms with van der Waals surface area (Å²) in [5, 5.41) is 2.97. The van der Waals surface area contributed by atoms with E-state index in [0.717, 1.165) is 30.6 Å². The highest BCUT2D eigenvalue weighted by molar-refractivity contribution is 5.90. The minimum absolute atomic E-state index is 0.0527. The van der Waals surface area contributed by atoms with Crippen LogP contribution in [0, 0.1) is 6.92 Å². The first-order chi connectivity index (χ1) is 11.2. The maximum Gasteiger partial charge on any atom is 0.321 e. The van der Waals surface area contributed by atoms with E-state index in [9.17, 15) is 4.79 Å². The zero-order chi connectivity index (χ0) is 16.1. The number of rotatable bonds is 3. The summed E-state index contributed by atoms with van der Waals surface area (Å²) >= 11 is 0. The number of piperidine rings is 1. The van der Waals surface area contributed by atoms with Gasteiger partial charge in [-0.15, -0.1) is 0 Å². The van der Waals surface area contributed by atoms with Crippen LogP contribution in [0.1, 0.15) is 18.4 Å². The molecule has 1 N–H and O–H groups in total. The fourth-order valence-electron chi connectivity index (χ4n) is 2.64. The minimum Gasteiger partial charge on any atom is -0.471 e. The van der Waals surface area contributed by atoms with Crippen LogP contribution in [0.15, 0.2) is 42.9 Å². The van der Waals surface area contributed by atoms with Crippen LogP contribution in [0.25, 0.3) is 0 Å². The van der Waals surface area contributed by atoms with E-state index in [1.807, 2.05) is 31.2 Å². The molecule has 1 unspecified atom stereocenters. The van der Waals surface area contributed by atoms with Gasteiger partial charge in [-0.1, -0.05) is 18.2 Å². The van der Waals surface area contributed by atoms with Gasteiger partial charge in [0.1, 0.15) is 6.10 Å². The van der Waals surface area contributed by atoms with Crippen molar-refractivity contribution in [1.82, 2.24) is 14.9 Å². The molecule has 1 aromatic heterocycles. The van der Waals surface area contributed by atoms with Crippen molar-refractivity contribution in [3.05, 3.63) is 48.4 Å². The Kier molecular flexibility index (Phi) is 4.71. The van der Waals surface area contributed by atoms with Gasteiger partial charge in [-0.25, -0.2) is 9.78 Å². The SMILES string of the molecule is Cc1ccccc1NC(=O)N1CCCC(Oc2cnccn2)C1. The number of nitrogens with zero attached hydrogens (tertiary/aromatic N) is 3. The van der Waals surface area contributed by atoms with Gasteiger partial charge in [0.05, 0.1) is 12.7 Å². The Bertz CT molecular complexity index is 663. The van der Waals surface area contributed by atoms with E-state index in [1.54, 1.807) is 23.5 Å². The van der Waals surface area contributed by atoms with E-state index < -0.39 is 0 Å². The number of hydrogen-bond donors (Lipinski definition) is 1. The van der Waals surface area contributed by atoms with Crippen molar-refractivity contribution >= 4 is 11.7 Å². The van der Waals surface area contributed by atoms with Gasteiger partial charge in [-0.3, -0.25) is 4.98 Å². The Hall–Kier alpha value is -2.63. The fraction of sp³-hybridized carbons (Fsp3) is 0.353. The maximum absolute atomic E-state index is 12.4. The molecule has 0 radical (unpaired) electrons. The number of anilines is 1. The van der Waals surface area contributed by atoms with Gasteiger partial charge < -0.3 is 15.0 Å². The summed E-state index contributed by atoms with van der Waals surface area (Å²) in [5.41, 5.74) is 1.89. The zero-order valence-electron chi connectivity index (χ0n) is 13.1. The highest BCUT2D eigenvalue weighted by Crippen LogP contribution is 2.18. The Balaban J connectivity index is 1.59. The molecule has 1 aliphatic heterocycles. The summed E-state index contributed by atoms with van der Waals surface area (Å²) in [6.07, 6.45) is 6.56. The first-order valence-corrected chi connectivity index (χ1v) is 7.76. The molecule has 1 atom stereocenters. The number of urea groups is 1. The zero-order valence-corrected chi connectivity index (χ0v) is 13.1. The number of aryl methyl sites for hydroxylation is 1. The second-order valence-corrected chi connectivity index (χ2v) is 5.62. The van der Waals surface area contributed by atoms with E-state index in [4.69, 9.17) is 4.74 Å². The predicted molar refractivity (Wildman–Crippen MR) is 87.5 cm³/mol. The largest absolute Gasteiger partial charge is 0.471 e. The number of para-hydroxylation sites is 1. The highest BCUT2D eigenvalue weighted by Gasteiger charge is 2.25. The number of carbonyl (C=O) groups excluding carboxylic acids is 1. The Morgan fingerprint density at radius 3 is 3.00 bits per heavy atom. The van der Waals surface area contributed by atoms with Crippen LogP contribution >= 0.6 is 0 Å². The molecule has 2 aromatic rings. The quantitative estimate of drug-likeness (QED) is 0.946. The molecule has 120 valence electrons. The van der Waals surface area contributed by atoms with E-state index >= 15 is 0 Å². The average molecular weight is 312 g/mol. The third kappa shape index (κ3) is 3.97. The van der Waals surface area contributed by atoms with E-state index in [-0.39, 0.29) is 12.1 Å². The van der Waals surface area contributed by atoms with Gasteiger partial charge in [0.2, 0.25) is 5.88 Å². The second-order valence-electron chi connectivity index (χ2n) is 5.62. The van der Waals surface area contributed by atoms with Crippen LogP contribution in [0.4, 0.5) is 10.5 Å². The van der Waals surface area contributed by atoms with Gasteiger partial charge >= 0.3 is 6.03 Å². The number of nitrogens with one attached hydrogen (secondary N) is 1. The number of carbonyl (C=O) groups is 1. The first-order valence-electron chi connectivity index (χ1n) is 7.76. The second kappa shape index (κ2) is 7.09. The molecular formula is C17H20N4O2. The monoisotopic (exact) mass is 312 g/mol. The fourth-order valence-corrected chi connectivity index (χ4v) is 2.64. The van der Waals surface area contributed by atoms with E-state index in [1.165, 1.54) is 0 Å². The molecule has 0 saturated carbocycles. The Morgan fingerprint density at radius 1 is 1.35 bits per heavy atom. The standard InChI is InChI=1S/C17H20N4O2/c1-13-5-2-3-7-15(13)20-17(22)21-10-4-6-14(12-21)23-16-11-18-8-9-19-16/h2-3,5,7-9,11,14H,4,6,10,12H2,1H3,(H,20,22). The molecule has 3 rings (SSSR count). The minimum atomic E-state index is -0.0910. The summed E-state index contributed by atoms with van der Waals surface area (Å²) in [7, 11) is 0. The summed E-state index contributed by atoms with van der Waals surface area (Å²) in [6, 6.07) is 7.66. The van der Waals surface area contributed by atoms with Crippen LogP contribution in [0.2, 0.25) is 0 Å². The first kappa shape index (κ1) is 15.3. The molecule has 2 amide bonds. The molecule has 1 aromatic carbocycles. The van der Waals surface area contributed by atoms with Crippen molar-refractivity contribution in [2.24, 2.45) is 0 Å². The lowest BCUT2D eigenvalue weighted by Crippen LogP contribution is -2.46. The highest BCUT2D eigenvalue weighted by atomic mass is 16.5. The van der Waals surface area contributed by atoms with Crippen molar-refractivity contribution in [3.63, 3.8) is 0 Å². The van der Waals surface area contributed by atoms with Crippen molar-refractivity contribution in [2.75, 3.05) is 18.4 Å². The number of likely N-dealkylation sites (tertiary alicyclic amines) is 1. The van der Waals surface area contributed by atoms with Crippen molar-refractivity contribution in [3.8, 4) is 5.88 Å². The number of aromatic nitrogens is 2. The molecule has 0 bridgehead atoms. The third-order valence-corrected chi connectivity index (χ3v) is 3.88. The van der Waals surface area contributed by atoms with Gasteiger partial charge in [0, 0.05) is 24.6 Å². The predicted octanol–water partition coefficient (Wildman–Crippen LogP) is 2.86. The summed E-state index contributed by atoms with van der Waals surface area (Å²) in [4.78, 5) is 22.3. The van der Waals surface area contributed by atoms with E-state index in [2.05, 4.69) is 15.3 Å².